The van der Waals surface area contributed by atoms with E-state index in [1.54, 1.807) is 7.05 Å². The second-order valence-electron chi connectivity index (χ2n) is 7.38. The third-order valence-electron chi connectivity index (χ3n) is 3.52. The normalized spacial score (nSPS) is 13.0. The number of guanidine groups is 1. The predicted octanol–water partition coefficient (Wildman–Crippen LogP) is 3.41. The maximum Gasteiger partial charge on any atom is 0.401 e. The average Bonchev–Trinajstić information content (AvgIpc) is 2.52. The molecule has 0 bridgehead atoms. The largest absolute Gasteiger partial charge is 0.488 e. The molecule has 1 aromatic carbocycles. The maximum atomic E-state index is 12.3. The average molecular weight is 388 g/mol. The minimum atomic E-state index is -4.16. The Bertz CT molecular complexity index is 597. The number of nitrogens with one attached hydrogen (secondary N) is 2. The minimum absolute atomic E-state index is 0.293. The number of hydrogen-bond acceptors (Lipinski definition) is 3. The summed E-state index contributed by atoms with van der Waals surface area (Å²) < 4.78 is 42.9. The van der Waals surface area contributed by atoms with Crippen LogP contribution in [0.4, 0.5) is 13.2 Å². The molecule has 0 aliphatic rings. The molecule has 0 aromatic heterocycles. The molecular formula is C19H31F3N4O. The highest BCUT2D eigenvalue weighted by atomic mass is 19.4. The molecule has 0 heterocycles. The zero-order valence-corrected chi connectivity index (χ0v) is 16.8. The van der Waals surface area contributed by atoms with Crippen molar-refractivity contribution in [2.24, 2.45) is 4.99 Å². The molecule has 0 atom stereocenters. The summed E-state index contributed by atoms with van der Waals surface area (Å²) in [5.74, 6) is 1.40. The van der Waals surface area contributed by atoms with Gasteiger partial charge in [-0.25, -0.2) is 0 Å². The summed E-state index contributed by atoms with van der Waals surface area (Å²) in [7, 11) is 3.12. The number of halogens is 3. The van der Waals surface area contributed by atoms with E-state index < -0.39 is 12.7 Å². The summed E-state index contributed by atoms with van der Waals surface area (Å²) in [4.78, 5) is 5.41. The molecule has 8 heteroatoms. The van der Waals surface area contributed by atoms with Crippen molar-refractivity contribution >= 4 is 5.96 Å². The SMILES string of the molecule is CN=C(NCCCN(C)CC(F)(F)F)NCc1ccccc1OC(C)(C)C. The summed E-state index contributed by atoms with van der Waals surface area (Å²) in [6.07, 6.45) is -3.58. The molecule has 0 radical (unpaired) electrons. The number of ether oxygens (including phenoxy) is 1. The Kier molecular flexibility index (Phi) is 8.88. The van der Waals surface area contributed by atoms with Crippen LogP contribution >= 0.6 is 0 Å². The summed E-state index contributed by atoms with van der Waals surface area (Å²) in [5, 5.41) is 6.32. The lowest BCUT2D eigenvalue weighted by atomic mass is 10.1. The van der Waals surface area contributed by atoms with Crippen molar-refractivity contribution in [1.82, 2.24) is 15.5 Å². The fourth-order valence-electron chi connectivity index (χ4n) is 2.42. The molecule has 1 rings (SSSR count). The first kappa shape index (κ1) is 23.1. The van der Waals surface area contributed by atoms with Gasteiger partial charge in [-0.2, -0.15) is 13.2 Å². The zero-order chi connectivity index (χ0) is 20.5. The topological polar surface area (TPSA) is 48.9 Å². The van der Waals surface area contributed by atoms with E-state index in [4.69, 9.17) is 4.74 Å². The molecule has 27 heavy (non-hydrogen) atoms. The van der Waals surface area contributed by atoms with Gasteiger partial charge >= 0.3 is 6.18 Å². The van der Waals surface area contributed by atoms with Crippen LogP contribution in [-0.4, -0.2) is 56.4 Å². The molecule has 0 saturated carbocycles. The van der Waals surface area contributed by atoms with Crippen molar-refractivity contribution in [1.29, 1.82) is 0 Å². The van der Waals surface area contributed by atoms with Crippen LogP contribution in [0, 0.1) is 0 Å². The van der Waals surface area contributed by atoms with E-state index in [-0.39, 0.29) is 5.60 Å². The second-order valence-corrected chi connectivity index (χ2v) is 7.38. The lowest BCUT2D eigenvalue weighted by Crippen LogP contribution is -2.39. The van der Waals surface area contributed by atoms with Gasteiger partial charge in [0, 0.05) is 25.7 Å². The molecule has 2 N–H and O–H groups in total. The van der Waals surface area contributed by atoms with Gasteiger partial charge in [-0.1, -0.05) is 18.2 Å². The van der Waals surface area contributed by atoms with Crippen LogP contribution in [-0.2, 0) is 6.54 Å². The maximum absolute atomic E-state index is 12.3. The number of aliphatic imine (C=N–C) groups is 1. The molecule has 0 fully saturated rings. The molecule has 154 valence electrons. The van der Waals surface area contributed by atoms with E-state index in [9.17, 15) is 13.2 Å². The van der Waals surface area contributed by atoms with Gasteiger partial charge in [0.25, 0.3) is 0 Å². The van der Waals surface area contributed by atoms with Gasteiger partial charge in [-0.15, -0.1) is 0 Å². The van der Waals surface area contributed by atoms with E-state index in [2.05, 4.69) is 15.6 Å². The lowest BCUT2D eigenvalue weighted by Gasteiger charge is -2.23. The Morgan fingerprint density at radius 1 is 1.15 bits per heavy atom. The number of alkyl halides is 3. The smallest absolute Gasteiger partial charge is 0.401 e. The highest BCUT2D eigenvalue weighted by molar-refractivity contribution is 5.79. The number of rotatable bonds is 8. The number of hydrogen-bond donors (Lipinski definition) is 2. The van der Waals surface area contributed by atoms with Crippen molar-refractivity contribution in [3.8, 4) is 5.75 Å². The Balaban J connectivity index is 2.43. The Morgan fingerprint density at radius 3 is 2.41 bits per heavy atom. The fourth-order valence-corrected chi connectivity index (χ4v) is 2.42. The first-order valence-corrected chi connectivity index (χ1v) is 8.97. The quantitative estimate of drug-likeness (QED) is 0.407. The van der Waals surface area contributed by atoms with Gasteiger partial charge in [0.1, 0.15) is 11.4 Å². The number of para-hydroxylation sites is 1. The molecule has 5 nitrogen and oxygen atoms in total. The van der Waals surface area contributed by atoms with Crippen LogP contribution in [0.25, 0.3) is 0 Å². The van der Waals surface area contributed by atoms with Gasteiger partial charge in [-0.3, -0.25) is 9.89 Å². The van der Waals surface area contributed by atoms with Gasteiger partial charge in [-0.05, 0) is 46.9 Å². The van der Waals surface area contributed by atoms with E-state index >= 15 is 0 Å². The third kappa shape index (κ3) is 10.7. The Labute approximate surface area is 160 Å². The summed E-state index contributed by atoms with van der Waals surface area (Å²) in [6, 6.07) is 7.77. The standard InChI is InChI=1S/C19H31F3N4O/c1-18(2,3)27-16-10-7-6-9-15(16)13-25-17(23-4)24-11-8-12-26(5)14-19(20,21)22/h6-7,9-10H,8,11-14H2,1-5H3,(H2,23,24,25). The molecule has 0 aliphatic carbocycles. The summed E-state index contributed by atoms with van der Waals surface area (Å²) in [6.45, 7) is 6.49. The molecule has 0 amide bonds. The summed E-state index contributed by atoms with van der Waals surface area (Å²) >= 11 is 0. The van der Waals surface area contributed by atoms with Crippen LogP contribution in [0.2, 0.25) is 0 Å². The molecule has 0 spiro atoms. The van der Waals surface area contributed by atoms with Crippen molar-refractivity contribution in [2.75, 3.05) is 33.7 Å². The van der Waals surface area contributed by atoms with Gasteiger partial charge in [0.15, 0.2) is 5.96 Å². The van der Waals surface area contributed by atoms with Gasteiger partial charge in [0.05, 0.1) is 6.54 Å². The highest BCUT2D eigenvalue weighted by Gasteiger charge is 2.28. The fraction of sp³-hybridized carbons (Fsp3) is 0.632. The number of benzene rings is 1. The van der Waals surface area contributed by atoms with Crippen LogP contribution in [0.3, 0.4) is 0 Å². The molecule has 0 unspecified atom stereocenters. The van der Waals surface area contributed by atoms with Crippen molar-refractivity contribution < 1.29 is 17.9 Å². The van der Waals surface area contributed by atoms with Crippen molar-refractivity contribution in [3.63, 3.8) is 0 Å². The van der Waals surface area contributed by atoms with Crippen molar-refractivity contribution in [2.45, 2.75) is 45.5 Å². The molecular weight excluding hydrogens is 357 g/mol. The van der Waals surface area contributed by atoms with E-state index in [0.717, 1.165) is 11.3 Å². The van der Waals surface area contributed by atoms with Crippen LogP contribution in [0.5, 0.6) is 5.75 Å². The predicted molar refractivity (Wildman–Crippen MR) is 103 cm³/mol. The molecule has 1 aromatic rings. The Morgan fingerprint density at radius 2 is 1.81 bits per heavy atom. The first-order chi connectivity index (χ1) is 12.5. The van der Waals surface area contributed by atoms with Gasteiger partial charge in [0.2, 0.25) is 0 Å². The lowest BCUT2D eigenvalue weighted by molar-refractivity contribution is -0.143. The van der Waals surface area contributed by atoms with Crippen LogP contribution in [0.1, 0.15) is 32.8 Å². The zero-order valence-electron chi connectivity index (χ0n) is 16.8. The second kappa shape index (κ2) is 10.4. The minimum Gasteiger partial charge on any atom is -0.488 e. The Hall–Kier alpha value is -1.96. The van der Waals surface area contributed by atoms with Gasteiger partial charge < -0.3 is 15.4 Å². The first-order valence-electron chi connectivity index (χ1n) is 8.97. The highest BCUT2D eigenvalue weighted by Crippen LogP contribution is 2.22. The monoisotopic (exact) mass is 388 g/mol. The molecule has 0 saturated heterocycles. The van der Waals surface area contributed by atoms with Crippen LogP contribution in [0.15, 0.2) is 29.3 Å². The van der Waals surface area contributed by atoms with E-state index in [1.165, 1.54) is 11.9 Å². The summed E-state index contributed by atoms with van der Waals surface area (Å²) in [5.41, 5.74) is 0.707. The third-order valence-corrected chi connectivity index (χ3v) is 3.52. The van der Waals surface area contributed by atoms with E-state index in [0.29, 0.717) is 32.0 Å². The number of nitrogens with zero attached hydrogens (tertiary/aromatic N) is 2. The van der Waals surface area contributed by atoms with E-state index in [1.807, 2.05) is 45.0 Å². The molecule has 0 aliphatic heterocycles. The van der Waals surface area contributed by atoms with Crippen molar-refractivity contribution in [3.05, 3.63) is 29.8 Å². The van der Waals surface area contributed by atoms with Crippen LogP contribution < -0.4 is 15.4 Å².